The molecule has 1 aliphatic heterocycles. The quantitative estimate of drug-likeness (QED) is 0.902. The molecule has 1 saturated carbocycles. The summed E-state index contributed by atoms with van der Waals surface area (Å²) < 4.78 is 5.49. The lowest BCUT2D eigenvalue weighted by molar-refractivity contribution is -0.124. The standard InChI is InChI=1S/C16H21NO2/c18-16(13-3-1-2-4-13)17-9-7-12-5-6-15-14(11-12)8-10-19-15/h5-6,11,13H,1-4,7-10H2,(H,17,18). The Balaban J connectivity index is 1.48. The maximum Gasteiger partial charge on any atom is 0.223 e. The third-order valence-electron chi connectivity index (χ3n) is 4.19. The van der Waals surface area contributed by atoms with Gasteiger partial charge in [0.05, 0.1) is 6.61 Å². The molecule has 1 N–H and O–H groups in total. The number of hydrogen-bond donors (Lipinski definition) is 1. The van der Waals surface area contributed by atoms with E-state index < -0.39 is 0 Å². The molecule has 19 heavy (non-hydrogen) atoms. The SMILES string of the molecule is O=C(NCCc1ccc2c(c1)CCO2)C1CCCC1. The summed E-state index contributed by atoms with van der Waals surface area (Å²) in [4.78, 5) is 11.9. The molecule has 1 aromatic rings. The van der Waals surface area contributed by atoms with Crippen LogP contribution in [-0.4, -0.2) is 19.1 Å². The predicted octanol–water partition coefficient (Wildman–Crippen LogP) is 2.47. The van der Waals surface area contributed by atoms with Gasteiger partial charge in [0.25, 0.3) is 0 Å². The lowest BCUT2D eigenvalue weighted by Crippen LogP contribution is -2.30. The molecule has 1 aromatic carbocycles. The third-order valence-corrected chi connectivity index (χ3v) is 4.19. The Bertz CT molecular complexity index is 464. The van der Waals surface area contributed by atoms with Gasteiger partial charge in [-0.1, -0.05) is 25.0 Å². The summed E-state index contributed by atoms with van der Waals surface area (Å²) in [5.74, 6) is 1.55. The van der Waals surface area contributed by atoms with Gasteiger partial charge < -0.3 is 10.1 Å². The average molecular weight is 259 g/mol. The monoisotopic (exact) mass is 259 g/mol. The first-order valence-corrected chi connectivity index (χ1v) is 7.35. The van der Waals surface area contributed by atoms with Crippen LogP contribution in [0.3, 0.4) is 0 Å². The van der Waals surface area contributed by atoms with Crippen molar-refractivity contribution >= 4 is 5.91 Å². The van der Waals surface area contributed by atoms with Crippen LogP contribution >= 0.6 is 0 Å². The summed E-state index contributed by atoms with van der Waals surface area (Å²) in [6.45, 7) is 1.55. The highest BCUT2D eigenvalue weighted by molar-refractivity contribution is 5.78. The van der Waals surface area contributed by atoms with Crippen LogP contribution in [0.1, 0.15) is 36.8 Å². The van der Waals surface area contributed by atoms with Crippen molar-refractivity contribution in [1.29, 1.82) is 0 Å². The van der Waals surface area contributed by atoms with Gasteiger partial charge in [0, 0.05) is 18.9 Å². The van der Waals surface area contributed by atoms with Gasteiger partial charge in [0.2, 0.25) is 5.91 Å². The molecule has 0 unspecified atom stereocenters. The van der Waals surface area contributed by atoms with E-state index in [2.05, 4.69) is 23.5 Å². The van der Waals surface area contributed by atoms with Crippen LogP contribution in [0.4, 0.5) is 0 Å². The fraction of sp³-hybridized carbons (Fsp3) is 0.562. The molecule has 1 heterocycles. The van der Waals surface area contributed by atoms with Crippen LogP contribution in [0, 0.1) is 5.92 Å². The molecule has 0 saturated heterocycles. The van der Waals surface area contributed by atoms with E-state index in [0.29, 0.717) is 0 Å². The average Bonchev–Trinajstić information content (AvgIpc) is 3.09. The molecule has 3 nitrogen and oxygen atoms in total. The number of ether oxygens (including phenoxy) is 1. The van der Waals surface area contributed by atoms with Gasteiger partial charge in [-0.3, -0.25) is 4.79 Å². The Labute approximate surface area is 114 Å². The first-order valence-electron chi connectivity index (χ1n) is 7.35. The number of nitrogens with one attached hydrogen (secondary N) is 1. The number of carbonyl (C=O) groups excluding carboxylic acids is 1. The minimum Gasteiger partial charge on any atom is -0.493 e. The Morgan fingerprint density at radius 2 is 2.16 bits per heavy atom. The highest BCUT2D eigenvalue weighted by atomic mass is 16.5. The molecule has 102 valence electrons. The van der Waals surface area contributed by atoms with Gasteiger partial charge in [0.1, 0.15) is 5.75 Å². The summed E-state index contributed by atoms with van der Waals surface area (Å²) in [5.41, 5.74) is 2.59. The Hall–Kier alpha value is -1.51. The van der Waals surface area contributed by atoms with Crippen molar-refractivity contribution in [2.24, 2.45) is 5.92 Å². The fourth-order valence-electron chi connectivity index (χ4n) is 3.06. The third kappa shape index (κ3) is 2.91. The first kappa shape index (κ1) is 12.5. The van der Waals surface area contributed by atoms with Crippen LogP contribution in [0.15, 0.2) is 18.2 Å². The smallest absolute Gasteiger partial charge is 0.223 e. The van der Waals surface area contributed by atoms with Crippen LogP contribution in [0.5, 0.6) is 5.75 Å². The highest BCUT2D eigenvalue weighted by Crippen LogP contribution is 2.26. The Kier molecular flexibility index (Phi) is 3.72. The Morgan fingerprint density at radius 3 is 3.00 bits per heavy atom. The highest BCUT2D eigenvalue weighted by Gasteiger charge is 2.22. The van der Waals surface area contributed by atoms with E-state index in [1.807, 2.05) is 0 Å². The van der Waals surface area contributed by atoms with Crippen LogP contribution < -0.4 is 10.1 Å². The van der Waals surface area contributed by atoms with E-state index in [-0.39, 0.29) is 11.8 Å². The van der Waals surface area contributed by atoms with E-state index in [0.717, 1.165) is 44.6 Å². The van der Waals surface area contributed by atoms with Gasteiger partial charge in [0.15, 0.2) is 0 Å². The van der Waals surface area contributed by atoms with Crippen LogP contribution in [0.2, 0.25) is 0 Å². The van der Waals surface area contributed by atoms with Gasteiger partial charge in [-0.15, -0.1) is 0 Å². The van der Waals surface area contributed by atoms with Crippen molar-refractivity contribution in [2.75, 3.05) is 13.2 Å². The lowest BCUT2D eigenvalue weighted by Gasteiger charge is -2.10. The molecule has 0 bridgehead atoms. The van der Waals surface area contributed by atoms with E-state index >= 15 is 0 Å². The van der Waals surface area contributed by atoms with Crippen molar-refractivity contribution in [3.8, 4) is 5.75 Å². The molecule has 1 fully saturated rings. The minimum atomic E-state index is 0.252. The largest absolute Gasteiger partial charge is 0.493 e. The van der Waals surface area contributed by atoms with Crippen molar-refractivity contribution in [3.63, 3.8) is 0 Å². The van der Waals surface area contributed by atoms with E-state index in [9.17, 15) is 4.79 Å². The summed E-state index contributed by atoms with van der Waals surface area (Å²) in [6.07, 6.45) is 6.49. The molecule has 0 aromatic heterocycles. The molecular formula is C16H21NO2. The van der Waals surface area contributed by atoms with Crippen molar-refractivity contribution in [1.82, 2.24) is 5.32 Å². The van der Waals surface area contributed by atoms with E-state index in [4.69, 9.17) is 4.74 Å². The number of amides is 1. The minimum absolute atomic E-state index is 0.252. The summed E-state index contributed by atoms with van der Waals surface area (Å²) >= 11 is 0. The van der Waals surface area contributed by atoms with Crippen molar-refractivity contribution in [2.45, 2.75) is 38.5 Å². The molecule has 3 rings (SSSR count). The molecule has 1 aliphatic carbocycles. The number of fused-ring (bicyclic) bond motifs is 1. The molecule has 1 amide bonds. The maximum atomic E-state index is 11.9. The second kappa shape index (κ2) is 5.64. The molecule has 3 heteroatoms. The predicted molar refractivity (Wildman–Crippen MR) is 74.3 cm³/mol. The number of rotatable bonds is 4. The molecule has 0 spiro atoms. The van der Waals surface area contributed by atoms with Crippen molar-refractivity contribution in [3.05, 3.63) is 29.3 Å². The summed E-state index contributed by atoms with van der Waals surface area (Å²) in [7, 11) is 0. The van der Waals surface area contributed by atoms with Gasteiger partial charge in [-0.2, -0.15) is 0 Å². The van der Waals surface area contributed by atoms with Crippen LogP contribution in [0.25, 0.3) is 0 Å². The zero-order chi connectivity index (χ0) is 13.1. The Morgan fingerprint density at radius 1 is 1.32 bits per heavy atom. The van der Waals surface area contributed by atoms with E-state index in [1.165, 1.54) is 24.0 Å². The molecular weight excluding hydrogens is 238 g/mol. The van der Waals surface area contributed by atoms with E-state index in [1.54, 1.807) is 0 Å². The number of benzene rings is 1. The topological polar surface area (TPSA) is 38.3 Å². The molecule has 0 radical (unpaired) electrons. The first-order chi connectivity index (χ1) is 9.33. The number of hydrogen-bond acceptors (Lipinski definition) is 2. The summed E-state index contributed by atoms with van der Waals surface area (Å²) in [6, 6.07) is 6.37. The number of carbonyl (C=O) groups is 1. The zero-order valence-corrected chi connectivity index (χ0v) is 11.3. The second-order valence-electron chi connectivity index (χ2n) is 5.56. The maximum absolute atomic E-state index is 11.9. The summed E-state index contributed by atoms with van der Waals surface area (Å²) in [5, 5.41) is 3.07. The van der Waals surface area contributed by atoms with Gasteiger partial charge in [-0.25, -0.2) is 0 Å². The molecule has 2 aliphatic rings. The lowest BCUT2D eigenvalue weighted by atomic mass is 10.1. The zero-order valence-electron chi connectivity index (χ0n) is 11.3. The fourth-order valence-corrected chi connectivity index (χ4v) is 3.06. The van der Waals surface area contributed by atoms with Crippen LogP contribution in [-0.2, 0) is 17.6 Å². The van der Waals surface area contributed by atoms with Crippen molar-refractivity contribution < 1.29 is 9.53 Å². The second-order valence-corrected chi connectivity index (χ2v) is 5.56. The molecule has 0 atom stereocenters. The normalized spacial score (nSPS) is 18.1. The van der Waals surface area contributed by atoms with Gasteiger partial charge in [-0.05, 0) is 36.5 Å². The van der Waals surface area contributed by atoms with Gasteiger partial charge >= 0.3 is 0 Å².